The summed E-state index contributed by atoms with van der Waals surface area (Å²) in [6.45, 7) is 7.38. The maximum atomic E-state index is 12.3. The third kappa shape index (κ3) is 4.19. The topological polar surface area (TPSA) is 73.2 Å². The van der Waals surface area contributed by atoms with Gasteiger partial charge in [-0.05, 0) is 57.0 Å². The van der Waals surface area contributed by atoms with E-state index in [0.717, 1.165) is 27.2 Å². The molecule has 29 heavy (non-hydrogen) atoms. The molecule has 6 nitrogen and oxygen atoms in total. The van der Waals surface area contributed by atoms with E-state index in [4.69, 9.17) is 4.74 Å². The Morgan fingerprint density at radius 1 is 1.21 bits per heavy atom. The number of benzene rings is 2. The molecule has 0 bridgehead atoms. The van der Waals surface area contributed by atoms with Gasteiger partial charge in [-0.2, -0.15) is 5.10 Å². The van der Waals surface area contributed by atoms with Crippen LogP contribution < -0.4 is 5.32 Å². The maximum absolute atomic E-state index is 12.3. The fourth-order valence-corrected chi connectivity index (χ4v) is 3.57. The lowest BCUT2D eigenvalue weighted by Gasteiger charge is -2.29. The minimum Gasteiger partial charge on any atom is -0.444 e. The number of hydrogen-bond donors (Lipinski definition) is 1. The van der Waals surface area contributed by atoms with E-state index in [1.54, 1.807) is 16.9 Å². The zero-order chi connectivity index (χ0) is 21.2. The van der Waals surface area contributed by atoms with Crippen LogP contribution in [0.3, 0.4) is 0 Å². The van der Waals surface area contributed by atoms with Crippen molar-refractivity contribution in [2.24, 2.45) is 0 Å². The standard InChI is InChI=1S/C22H24BrN3O3/c1-5-22(14-27,15-9-11-16(23)12-10-15)26-19-8-6-7-18(17(19)13-24-26)25-20(28)29-21(2,3)4/h6-14H,5H2,1-4H3,(H,25,28). The second-order valence-corrected chi connectivity index (χ2v) is 8.74. The number of aldehydes is 1. The summed E-state index contributed by atoms with van der Waals surface area (Å²) in [6.07, 6.45) is 2.58. The van der Waals surface area contributed by atoms with E-state index in [9.17, 15) is 9.59 Å². The zero-order valence-electron chi connectivity index (χ0n) is 16.9. The second kappa shape index (κ2) is 7.99. The molecule has 0 spiro atoms. The first-order chi connectivity index (χ1) is 13.7. The number of ether oxygens (including phenoxy) is 1. The molecule has 0 aliphatic carbocycles. The molecule has 1 N–H and O–H groups in total. The van der Waals surface area contributed by atoms with Crippen molar-refractivity contribution in [3.05, 3.63) is 58.7 Å². The van der Waals surface area contributed by atoms with Crippen molar-refractivity contribution in [1.82, 2.24) is 9.78 Å². The summed E-state index contributed by atoms with van der Waals surface area (Å²) in [6, 6.07) is 13.1. The fourth-order valence-electron chi connectivity index (χ4n) is 3.31. The third-order valence-corrected chi connectivity index (χ3v) is 5.23. The van der Waals surface area contributed by atoms with Gasteiger partial charge in [0.1, 0.15) is 11.1 Å². The minimum absolute atomic E-state index is 0.526. The van der Waals surface area contributed by atoms with Crippen LogP contribution in [0.25, 0.3) is 10.9 Å². The van der Waals surface area contributed by atoms with Crippen molar-refractivity contribution in [2.45, 2.75) is 45.3 Å². The first-order valence-corrected chi connectivity index (χ1v) is 10.2. The molecule has 0 radical (unpaired) electrons. The number of nitrogens with zero attached hydrogens (tertiary/aromatic N) is 2. The second-order valence-electron chi connectivity index (χ2n) is 7.82. The lowest BCUT2D eigenvalue weighted by Crippen LogP contribution is -2.37. The Labute approximate surface area is 178 Å². The first kappa shape index (κ1) is 21.0. The summed E-state index contributed by atoms with van der Waals surface area (Å²) in [5.41, 5.74) is 0.616. The van der Waals surface area contributed by atoms with Gasteiger partial charge in [0.05, 0.1) is 17.4 Å². The Balaban J connectivity index is 2.07. The highest BCUT2D eigenvalue weighted by molar-refractivity contribution is 9.10. The number of rotatable bonds is 5. The molecule has 0 aliphatic heterocycles. The summed E-state index contributed by atoms with van der Waals surface area (Å²) in [7, 11) is 0. The van der Waals surface area contributed by atoms with Crippen LogP contribution in [0.1, 0.15) is 39.7 Å². The van der Waals surface area contributed by atoms with Gasteiger partial charge in [-0.1, -0.05) is 41.1 Å². The molecule has 1 heterocycles. The van der Waals surface area contributed by atoms with Crippen LogP contribution in [0.15, 0.2) is 53.1 Å². The van der Waals surface area contributed by atoms with E-state index in [-0.39, 0.29) is 0 Å². The number of hydrogen-bond acceptors (Lipinski definition) is 4. The van der Waals surface area contributed by atoms with Crippen LogP contribution in [0, 0.1) is 0 Å². The predicted octanol–water partition coefficient (Wildman–Crippen LogP) is 5.50. The fraction of sp³-hybridized carbons (Fsp3) is 0.318. The highest BCUT2D eigenvalue weighted by Gasteiger charge is 2.34. The molecule has 0 saturated heterocycles. The van der Waals surface area contributed by atoms with E-state index >= 15 is 0 Å². The number of anilines is 1. The number of carbonyl (C=O) groups excluding carboxylic acids is 2. The molecule has 2 aromatic carbocycles. The molecule has 1 aromatic heterocycles. The first-order valence-electron chi connectivity index (χ1n) is 9.40. The maximum Gasteiger partial charge on any atom is 0.412 e. The van der Waals surface area contributed by atoms with Crippen LogP contribution >= 0.6 is 15.9 Å². The molecular formula is C22H24BrN3O3. The van der Waals surface area contributed by atoms with Gasteiger partial charge >= 0.3 is 6.09 Å². The van der Waals surface area contributed by atoms with Crippen LogP contribution in [-0.2, 0) is 15.1 Å². The molecule has 1 amide bonds. The van der Waals surface area contributed by atoms with Crippen LogP contribution in [0.5, 0.6) is 0 Å². The summed E-state index contributed by atoms with van der Waals surface area (Å²) < 4.78 is 8.01. The van der Waals surface area contributed by atoms with Gasteiger partial charge in [0.15, 0.2) is 6.29 Å². The Bertz CT molecular complexity index is 1040. The monoisotopic (exact) mass is 457 g/mol. The van der Waals surface area contributed by atoms with Crippen molar-refractivity contribution in [1.29, 1.82) is 0 Å². The predicted molar refractivity (Wildman–Crippen MR) is 117 cm³/mol. The SMILES string of the molecule is CCC(C=O)(c1ccc(Br)cc1)n1ncc2c(NC(=O)OC(C)(C)C)cccc21. The Morgan fingerprint density at radius 3 is 2.48 bits per heavy atom. The van der Waals surface area contributed by atoms with Gasteiger partial charge < -0.3 is 9.53 Å². The van der Waals surface area contributed by atoms with Gasteiger partial charge in [-0.3, -0.25) is 5.32 Å². The molecule has 1 atom stereocenters. The van der Waals surface area contributed by atoms with E-state index < -0.39 is 17.2 Å². The molecule has 0 aliphatic rings. The number of amides is 1. The van der Waals surface area contributed by atoms with Crippen molar-refractivity contribution < 1.29 is 14.3 Å². The van der Waals surface area contributed by atoms with Gasteiger partial charge in [0, 0.05) is 9.86 Å². The average Bonchev–Trinajstić information content (AvgIpc) is 3.09. The Morgan fingerprint density at radius 2 is 1.90 bits per heavy atom. The molecule has 3 aromatic rings. The summed E-state index contributed by atoms with van der Waals surface area (Å²) in [5, 5.41) is 8.04. The number of nitrogens with one attached hydrogen (secondary N) is 1. The number of aromatic nitrogens is 2. The molecule has 152 valence electrons. The molecular weight excluding hydrogens is 434 g/mol. The molecule has 7 heteroatoms. The van der Waals surface area contributed by atoms with Gasteiger partial charge in [-0.15, -0.1) is 0 Å². The summed E-state index contributed by atoms with van der Waals surface area (Å²) >= 11 is 3.43. The highest BCUT2D eigenvalue weighted by atomic mass is 79.9. The third-order valence-electron chi connectivity index (χ3n) is 4.71. The van der Waals surface area contributed by atoms with E-state index in [1.807, 2.05) is 64.1 Å². The molecule has 1 unspecified atom stereocenters. The van der Waals surface area contributed by atoms with Gasteiger partial charge in [0.25, 0.3) is 0 Å². The molecule has 0 fully saturated rings. The van der Waals surface area contributed by atoms with E-state index in [1.165, 1.54) is 0 Å². The number of halogens is 1. The van der Waals surface area contributed by atoms with Crippen molar-refractivity contribution in [2.75, 3.05) is 5.32 Å². The van der Waals surface area contributed by atoms with E-state index in [0.29, 0.717) is 12.1 Å². The van der Waals surface area contributed by atoms with Crippen LogP contribution in [0.4, 0.5) is 10.5 Å². The highest BCUT2D eigenvalue weighted by Crippen LogP contribution is 2.34. The molecule has 0 saturated carbocycles. The van der Waals surface area contributed by atoms with Crippen molar-refractivity contribution in [3.63, 3.8) is 0 Å². The lowest BCUT2D eigenvalue weighted by molar-refractivity contribution is -0.114. The summed E-state index contributed by atoms with van der Waals surface area (Å²) in [5.74, 6) is 0. The van der Waals surface area contributed by atoms with Crippen LogP contribution in [0.2, 0.25) is 0 Å². The normalized spacial score (nSPS) is 13.7. The van der Waals surface area contributed by atoms with Crippen molar-refractivity contribution in [3.8, 4) is 0 Å². The number of carbonyl (C=O) groups is 2. The minimum atomic E-state index is -0.951. The summed E-state index contributed by atoms with van der Waals surface area (Å²) in [4.78, 5) is 24.6. The van der Waals surface area contributed by atoms with Gasteiger partial charge in [-0.25, -0.2) is 9.48 Å². The largest absolute Gasteiger partial charge is 0.444 e. The van der Waals surface area contributed by atoms with Crippen LogP contribution in [-0.4, -0.2) is 27.8 Å². The zero-order valence-corrected chi connectivity index (χ0v) is 18.5. The van der Waals surface area contributed by atoms with Crippen molar-refractivity contribution >= 4 is 44.9 Å². The Kier molecular flexibility index (Phi) is 5.80. The quantitative estimate of drug-likeness (QED) is 0.513. The lowest BCUT2D eigenvalue weighted by atomic mass is 9.88. The van der Waals surface area contributed by atoms with Gasteiger partial charge in [0.2, 0.25) is 0 Å². The smallest absolute Gasteiger partial charge is 0.412 e. The number of fused-ring (bicyclic) bond motifs is 1. The Hall–Kier alpha value is -2.67. The average molecular weight is 458 g/mol. The van der Waals surface area contributed by atoms with E-state index in [2.05, 4.69) is 26.3 Å². The molecule has 3 rings (SSSR count).